The van der Waals surface area contributed by atoms with Crippen molar-refractivity contribution in [3.63, 3.8) is 0 Å². The summed E-state index contributed by atoms with van der Waals surface area (Å²) < 4.78 is 10.5. The Morgan fingerprint density at radius 1 is 1.56 bits per heavy atom. The lowest BCUT2D eigenvalue weighted by molar-refractivity contribution is -0.100. The Morgan fingerprint density at radius 2 is 2.33 bits per heavy atom. The maximum absolute atomic E-state index is 5.31. The molecule has 2 heteroatoms. The molecule has 0 bridgehead atoms. The third-order valence-electron chi connectivity index (χ3n) is 1.26. The lowest BCUT2D eigenvalue weighted by atomic mass is 10.3. The zero-order valence-electron chi connectivity index (χ0n) is 6.02. The summed E-state index contributed by atoms with van der Waals surface area (Å²) in [5, 5.41) is 0. The minimum Gasteiger partial charge on any atom is -0.353 e. The smallest absolute Gasteiger partial charge is 0.158 e. The van der Waals surface area contributed by atoms with Crippen LogP contribution in [-0.2, 0) is 9.47 Å². The molecule has 0 aromatic carbocycles. The molecule has 1 aliphatic heterocycles. The van der Waals surface area contributed by atoms with Crippen molar-refractivity contribution < 1.29 is 9.47 Å². The number of ether oxygens (including phenoxy) is 2. The molecule has 0 amide bonds. The van der Waals surface area contributed by atoms with Gasteiger partial charge >= 0.3 is 0 Å². The van der Waals surface area contributed by atoms with Crippen molar-refractivity contribution in [2.24, 2.45) is 0 Å². The first kappa shape index (κ1) is 7.03. The lowest BCUT2D eigenvalue weighted by Gasteiger charge is -2.12. The molecule has 1 unspecified atom stereocenters. The number of hydrogen-bond acceptors (Lipinski definition) is 2. The van der Waals surface area contributed by atoms with Gasteiger partial charge in [-0.25, -0.2) is 0 Å². The average Bonchev–Trinajstić information content (AvgIpc) is 2.15. The fourth-order valence-corrected chi connectivity index (χ4v) is 0.904. The van der Waals surface area contributed by atoms with Gasteiger partial charge in [-0.2, -0.15) is 0 Å². The summed E-state index contributed by atoms with van der Waals surface area (Å²) >= 11 is 0. The van der Waals surface area contributed by atoms with E-state index in [1.807, 2.05) is 13.8 Å². The normalized spacial score (nSPS) is 27.7. The van der Waals surface area contributed by atoms with E-state index in [0.29, 0.717) is 0 Å². The molecule has 1 radical (unpaired) electrons. The minimum absolute atomic E-state index is 0.0509. The second-order valence-electron chi connectivity index (χ2n) is 2.47. The molecule has 1 heterocycles. The van der Waals surface area contributed by atoms with E-state index in [4.69, 9.17) is 9.47 Å². The molecule has 0 aromatic rings. The van der Waals surface area contributed by atoms with Gasteiger partial charge in [-0.05, 0) is 20.3 Å². The van der Waals surface area contributed by atoms with E-state index in [1.54, 1.807) is 0 Å². The molecule has 1 aliphatic rings. The Morgan fingerprint density at radius 3 is 2.78 bits per heavy atom. The Hall–Kier alpha value is -0.0800. The van der Waals surface area contributed by atoms with Gasteiger partial charge in [0.15, 0.2) is 6.29 Å². The molecule has 1 rings (SSSR count). The first-order valence-corrected chi connectivity index (χ1v) is 3.37. The van der Waals surface area contributed by atoms with Gasteiger partial charge in [0.1, 0.15) is 0 Å². The van der Waals surface area contributed by atoms with Crippen LogP contribution >= 0.6 is 0 Å². The Bertz CT molecular complexity index is 75.0. The standard InChI is InChI=1S/C7H13O2/c1-6(2)9-7-4-3-5-8-7/h7H,3-5H2,1-2H3. The summed E-state index contributed by atoms with van der Waals surface area (Å²) in [5.41, 5.74) is 0. The summed E-state index contributed by atoms with van der Waals surface area (Å²) in [6.07, 6.45) is 3.22. The van der Waals surface area contributed by atoms with Crippen molar-refractivity contribution in [3.05, 3.63) is 6.10 Å². The van der Waals surface area contributed by atoms with E-state index in [1.165, 1.54) is 0 Å². The second-order valence-corrected chi connectivity index (χ2v) is 2.47. The molecule has 53 valence electrons. The predicted molar refractivity (Wildman–Crippen MR) is 34.6 cm³/mol. The summed E-state index contributed by atoms with van der Waals surface area (Å²) in [4.78, 5) is 0. The van der Waals surface area contributed by atoms with E-state index >= 15 is 0 Å². The summed E-state index contributed by atoms with van der Waals surface area (Å²) in [7, 11) is 0. The van der Waals surface area contributed by atoms with E-state index < -0.39 is 0 Å². The zero-order chi connectivity index (χ0) is 6.69. The van der Waals surface area contributed by atoms with Crippen LogP contribution in [-0.4, -0.2) is 12.9 Å². The van der Waals surface area contributed by atoms with Gasteiger partial charge < -0.3 is 9.47 Å². The van der Waals surface area contributed by atoms with E-state index in [2.05, 4.69) is 0 Å². The highest BCUT2D eigenvalue weighted by molar-refractivity contribution is 4.65. The van der Waals surface area contributed by atoms with Crippen molar-refractivity contribution in [1.82, 2.24) is 0 Å². The van der Waals surface area contributed by atoms with E-state index in [-0.39, 0.29) is 6.29 Å². The zero-order valence-corrected chi connectivity index (χ0v) is 6.02. The van der Waals surface area contributed by atoms with Crippen LogP contribution in [0.3, 0.4) is 0 Å². The first-order chi connectivity index (χ1) is 4.29. The Labute approximate surface area is 56.2 Å². The van der Waals surface area contributed by atoms with Crippen LogP contribution in [0.4, 0.5) is 0 Å². The van der Waals surface area contributed by atoms with Crippen LogP contribution < -0.4 is 0 Å². The molecular formula is C7H13O2. The monoisotopic (exact) mass is 129 g/mol. The molecule has 1 saturated heterocycles. The van der Waals surface area contributed by atoms with Gasteiger partial charge in [0.25, 0.3) is 0 Å². The molecule has 1 fully saturated rings. The van der Waals surface area contributed by atoms with Crippen molar-refractivity contribution in [1.29, 1.82) is 0 Å². The van der Waals surface area contributed by atoms with Crippen LogP contribution in [0.2, 0.25) is 0 Å². The third-order valence-corrected chi connectivity index (χ3v) is 1.26. The fourth-order valence-electron chi connectivity index (χ4n) is 0.904. The van der Waals surface area contributed by atoms with Gasteiger partial charge in [-0.1, -0.05) is 0 Å². The molecule has 0 N–H and O–H groups in total. The average molecular weight is 129 g/mol. The van der Waals surface area contributed by atoms with Crippen LogP contribution in [0, 0.1) is 6.10 Å². The highest BCUT2D eigenvalue weighted by Gasteiger charge is 2.16. The molecule has 9 heavy (non-hydrogen) atoms. The Balaban J connectivity index is 2.11. The van der Waals surface area contributed by atoms with Crippen LogP contribution in [0.1, 0.15) is 26.7 Å². The molecule has 0 saturated carbocycles. The lowest BCUT2D eigenvalue weighted by Crippen LogP contribution is -2.11. The van der Waals surface area contributed by atoms with E-state index in [0.717, 1.165) is 25.6 Å². The summed E-state index contributed by atoms with van der Waals surface area (Å²) in [6.45, 7) is 4.75. The van der Waals surface area contributed by atoms with Crippen molar-refractivity contribution in [3.8, 4) is 0 Å². The number of rotatable bonds is 2. The fraction of sp³-hybridized carbons (Fsp3) is 0.857. The molecule has 0 aromatic heterocycles. The molecular weight excluding hydrogens is 116 g/mol. The predicted octanol–water partition coefficient (Wildman–Crippen LogP) is 1.71. The molecule has 1 atom stereocenters. The maximum atomic E-state index is 5.31. The van der Waals surface area contributed by atoms with Crippen LogP contribution in [0.5, 0.6) is 0 Å². The highest BCUT2D eigenvalue weighted by atomic mass is 16.7. The maximum Gasteiger partial charge on any atom is 0.158 e. The highest BCUT2D eigenvalue weighted by Crippen LogP contribution is 2.16. The van der Waals surface area contributed by atoms with Gasteiger partial charge in [0.2, 0.25) is 0 Å². The van der Waals surface area contributed by atoms with Crippen molar-refractivity contribution in [2.75, 3.05) is 6.61 Å². The van der Waals surface area contributed by atoms with Crippen LogP contribution in [0.15, 0.2) is 0 Å². The SMILES string of the molecule is C[C](C)OC1CCCO1. The van der Waals surface area contributed by atoms with E-state index in [9.17, 15) is 0 Å². The molecule has 0 aliphatic carbocycles. The van der Waals surface area contributed by atoms with Crippen molar-refractivity contribution in [2.45, 2.75) is 33.0 Å². The topological polar surface area (TPSA) is 18.5 Å². The molecule has 0 spiro atoms. The van der Waals surface area contributed by atoms with Gasteiger partial charge in [-0.3, -0.25) is 0 Å². The summed E-state index contributed by atoms with van der Waals surface area (Å²) in [6, 6.07) is 0. The van der Waals surface area contributed by atoms with Crippen LogP contribution in [0.25, 0.3) is 0 Å². The number of hydrogen-bond donors (Lipinski definition) is 0. The van der Waals surface area contributed by atoms with Crippen molar-refractivity contribution >= 4 is 0 Å². The van der Waals surface area contributed by atoms with Gasteiger partial charge in [0.05, 0.1) is 6.10 Å². The molecule has 2 nitrogen and oxygen atoms in total. The summed E-state index contributed by atoms with van der Waals surface area (Å²) in [5.74, 6) is 0. The van der Waals surface area contributed by atoms with Gasteiger partial charge in [0, 0.05) is 13.0 Å². The quantitative estimate of drug-likeness (QED) is 0.565. The van der Waals surface area contributed by atoms with Gasteiger partial charge in [-0.15, -0.1) is 0 Å². The minimum atomic E-state index is 0.0509. The first-order valence-electron chi connectivity index (χ1n) is 3.37. The largest absolute Gasteiger partial charge is 0.353 e. The Kier molecular flexibility index (Phi) is 2.49. The third kappa shape index (κ3) is 2.33. The second kappa shape index (κ2) is 3.18.